The highest BCUT2D eigenvalue weighted by atomic mass is 16.1. The standard InChI is InChI=1S/C12H27N3O/c1-11(2)12(16)15-8-6-4-5-7-14-10-9-13-3/h11,13-14H,4-10H2,1-3H3,(H,15,16). The zero-order chi connectivity index (χ0) is 12.2. The van der Waals surface area contributed by atoms with Gasteiger partial charge >= 0.3 is 0 Å². The van der Waals surface area contributed by atoms with E-state index in [-0.39, 0.29) is 11.8 Å². The second-order valence-electron chi connectivity index (χ2n) is 4.36. The van der Waals surface area contributed by atoms with Crippen molar-refractivity contribution in [3.05, 3.63) is 0 Å². The van der Waals surface area contributed by atoms with Crippen molar-refractivity contribution in [2.45, 2.75) is 33.1 Å². The third-order valence-corrected chi connectivity index (χ3v) is 2.41. The Morgan fingerprint density at radius 1 is 1.00 bits per heavy atom. The summed E-state index contributed by atoms with van der Waals surface area (Å²) in [6.45, 7) is 7.76. The highest BCUT2D eigenvalue weighted by molar-refractivity contribution is 5.77. The molecule has 4 nitrogen and oxygen atoms in total. The van der Waals surface area contributed by atoms with E-state index in [1.54, 1.807) is 0 Å². The van der Waals surface area contributed by atoms with Gasteiger partial charge in [0.2, 0.25) is 5.91 Å². The zero-order valence-electron chi connectivity index (χ0n) is 10.9. The van der Waals surface area contributed by atoms with Gasteiger partial charge in [-0.15, -0.1) is 0 Å². The Morgan fingerprint density at radius 2 is 1.69 bits per heavy atom. The van der Waals surface area contributed by atoms with Crippen molar-refractivity contribution in [2.24, 2.45) is 5.92 Å². The lowest BCUT2D eigenvalue weighted by Crippen LogP contribution is -2.28. The molecule has 0 aromatic carbocycles. The molecule has 0 rings (SSSR count). The minimum Gasteiger partial charge on any atom is -0.356 e. The highest BCUT2D eigenvalue weighted by Crippen LogP contribution is 1.94. The fourth-order valence-corrected chi connectivity index (χ4v) is 1.31. The van der Waals surface area contributed by atoms with E-state index in [0.717, 1.165) is 32.6 Å². The summed E-state index contributed by atoms with van der Waals surface area (Å²) in [5.41, 5.74) is 0. The summed E-state index contributed by atoms with van der Waals surface area (Å²) in [7, 11) is 1.96. The van der Waals surface area contributed by atoms with Crippen molar-refractivity contribution in [1.29, 1.82) is 0 Å². The summed E-state index contributed by atoms with van der Waals surface area (Å²) < 4.78 is 0. The van der Waals surface area contributed by atoms with Crippen molar-refractivity contribution >= 4 is 5.91 Å². The van der Waals surface area contributed by atoms with E-state index < -0.39 is 0 Å². The minimum atomic E-state index is 0.100. The maximum absolute atomic E-state index is 11.2. The quantitative estimate of drug-likeness (QED) is 0.484. The number of carbonyl (C=O) groups excluding carboxylic acids is 1. The average Bonchev–Trinajstić information content (AvgIpc) is 2.26. The molecule has 96 valence electrons. The molecule has 0 heterocycles. The number of hydrogen-bond donors (Lipinski definition) is 3. The molecule has 3 N–H and O–H groups in total. The van der Waals surface area contributed by atoms with Gasteiger partial charge in [-0.05, 0) is 26.4 Å². The smallest absolute Gasteiger partial charge is 0.222 e. The van der Waals surface area contributed by atoms with Crippen LogP contribution in [-0.2, 0) is 4.79 Å². The molecule has 0 unspecified atom stereocenters. The molecule has 0 bridgehead atoms. The summed E-state index contributed by atoms with van der Waals surface area (Å²) in [5, 5.41) is 9.37. The Bertz CT molecular complexity index is 172. The summed E-state index contributed by atoms with van der Waals surface area (Å²) in [6.07, 6.45) is 3.43. The SMILES string of the molecule is CNCCNCCCCCNC(=O)C(C)C. The van der Waals surface area contributed by atoms with E-state index in [0.29, 0.717) is 0 Å². The molecular formula is C12H27N3O. The Labute approximate surface area is 99.6 Å². The molecule has 0 aromatic heterocycles. The largest absolute Gasteiger partial charge is 0.356 e. The van der Waals surface area contributed by atoms with E-state index in [2.05, 4.69) is 16.0 Å². The van der Waals surface area contributed by atoms with Crippen molar-refractivity contribution in [3.63, 3.8) is 0 Å². The Balaban J connectivity index is 3.07. The van der Waals surface area contributed by atoms with Crippen LogP contribution in [0.3, 0.4) is 0 Å². The van der Waals surface area contributed by atoms with Crippen molar-refractivity contribution < 1.29 is 4.79 Å². The Kier molecular flexibility index (Phi) is 10.5. The van der Waals surface area contributed by atoms with Gasteiger partial charge in [0.1, 0.15) is 0 Å². The topological polar surface area (TPSA) is 53.2 Å². The second kappa shape index (κ2) is 10.9. The zero-order valence-corrected chi connectivity index (χ0v) is 10.9. The molecule has 16 heavy (non-hydrogen) atoms. The second-order valence-corrected chi connectivity index (χ2v) is 4.36. The van der Waals surface area contributed by atoms with E-state index in [4.69, 9.17) is 0 Å². The Hall–Kier alpha value is -0.610. The number of likely N-dealkylation sites (N-methyl/N-ethyl adjacent to an activating group) is 1. The van der Waals surface area contributed by atoms with Crippen LogP contribution < -0.4 is 16.0 Å². The first-order valence-corrected chi connectivity index (χ1v) is 6.31. The van der Waals surface area contributed by atoms with Gasteiger partial charge in [0.15, 0.2) is 0 Å². The lowest BCUT2D eigenvalue weighted by molar-refractivity contribution is -0.123. The summed E-state index contributed by atoms with van der Waals surface area (Å²) in [6, 6.07) is 0. The molecule has 0 aliphatic carbocycles. The highest BCUT2D eigenvalue weighted by Gasteiger charge is 2.04. The van der Waals surface area contributed by atoms with Crippen LogP contribution in [0, 0.1) is 5.92 Å². The molecule has 1 amide bonds. The van der Waals surface area contributed by atoms with Crippen molar-refractivity contribution in [1.82, 2.24) is 16.0 Å². The maximum atomic E-state index is 11.2. The van der Waals surface area contributed by atoms with E-state index in [9.17, 15) is 4.79 Å². The van der Waals surface area contributed by atoms with Gasteiger partial charge in [0.05, 0.1) is 0 Å². The number of hydrogen-bond acceptors (Lipinski definition) is 3. The molecule has 0 saturated heterocycles. The summed E-state index contributed by atoms with van der Waals surface area (Å²) in [5.74, 6) is 0.260. The van der Waals surface area contributed by atoms with Crippen LogP contribution >= 0.6 is 0 Å². The number of unbranched alkanes of at least 4 members (excludes halogenated alkanes) is 2. The first-order chi connectivity index (χ1) is 7.68. The van der Waals surface area contributed by atoms with Gasteiger partial charge in [-0.1, -0.05) is 20.3 Å². The third-order valence-electron chi connectivity index (χ3n) is 2.41. The number of amides is 1. The van der Waals surface area contributed by atoms with E-state index in [1.807, 2.05) is 20.9 Å². The molecule has 0 spiro atoms. The molecule has 0 atom stereocenters. The lowest BCUT2D eigenvalue weighted by atomic mass is 10.2. The van der Waals surface area contributed by atoms with Crippen LogP contribution in [0.1, 0.15) is 33.1 Å². The lowest BCUT2D eigenvalue weighted by Gasteiger charge is -2.07. The van der Waals surface area contributed by atoms with E-state index >= 15 is 0 Å². The maximum Gasteiger partial charge on any atom is 0.222 e. The molecule has 0 aliphatic heterocycles. The summed E-state index contributed by atoms with van der Waals surface area (Å²) in [4.78, 5) is 11.2. The van der Waals surface area contributed by atoms with Crippen LogP contribution in [-0.4, -0.2) is 39.1 Å². The van der Waals surface area contributed by atoms with Crippen LogP contribution in [0.25, 0.3) is 0 Å². The van der Waals surface area contributed by atoms with Crippen LogP contribution in [0.4, 0.5) is 0 Å². The average molecular weight is 229 g/mol. The first-order valence-electron chi connectivity index (χ1n) is 6.31. The van der Waals surface area contributed by atoms with Gasteiger partial charge in [-0.2, -0.15) is 0 Å². The van der Waals surface area contributed by atoms with Gasteiger partial charge < -0.3 is 16.0 Å². The summed E-state index contributed by atoms with van der Waals surface area (Å²) >= 11 is 0. The van der Waals surface area contributed by atoms with Crippen molar-refractivity contribution in [2.75, 3.05) is 33.2 Å². The first kappa shape index (κ1) is 15.4. The number of rotatable bonds is 10. The van der Waals surface area contributed by atoms with Crippen molar-refractivity contribution in [3.8, 4) is 0 Å². The van der Waals surface area contributed by atoms with Crippen LogP contribution in [0.5, 0.6) is 0 Å². The van der Waals surface area contributed by atoms with Gasteiger partial charge in [0.25, 0.3) is 0 Å². The van der Waals surface area contributed by atoms with Gasteiger partial charge in [-0.3, -0.25) is 4.79 Å². The molecule has 0 aliphatic rings. The normalized spacial score (nSPS) is 10.8. The molecule has 0 saturated carbocycles. The molecule has 4 heteroatoms. The third kappa shape index (κ3) is 9.93. The van der Waals surface area contributed by atoms with Crippen LogP contribution in [0.2, 0.25) is 0 Å². The predicted molar refractivity (Wildman–Crippen MR) is 68.5 cm³/mol. The molecule has 0 fully saturated rings. The fourth-order valence-electron chi connectivity index (χ4n) is 1.31. The fraction of sp³-hybridized carbons (Fsp3) is 0.917. The molecular weight excluding hydrogens is 202 g/mol. The van der Waals surface area contributed by atoms with E-state index in [1.165, 1.54) is 12.8 Å². The number of carbonyl (C=O) groups is 1. The molecule has 0 radical (unpaired) electrons. The van der Waals surface area contributed by atoms with Gasteiger partial charge in [0, 0.05) is 25.6 Å². The predicted octanol–water partition coefficient (Wildman–Crippen LogP) is 0.738. The van der Waals surface area contributed by atoms with Crippen LogP contribution in [0.15, 0.2) is 0 Å². The minimum absolute atomic E-state index is 0.100. The molecule has 0 aromatic rings. The number of nitrogens with one attached hydrogen (secondary N) is 3. The van der Waals surface area contributed by atoms with Gasteiger partial charge in [-0.25, -0.2) is 0 Å². The monoisotopic (exact) mass is 229 g/mol. The Morgan fingerprint density at radius 3 is 2.31 bits per heavy atom.